The Bertz CT molecular complexity index is 472. The summed E-state index contributed by atoms with van der Waals surface area (Å²) >= 11 is 0. The van der Waals surface area contributed by atoms with E-state index in [9.17, 15) is 4.79 Å². The fourth-order valence-electron chi connectivity index (χ4n) is 3.11. The highest BCUT2D eigenvalue weighted by molar-refractivity contribution is 5.82. The van der Waals surface area contributed by atoms with E-state index in [2.05, 4.69) is 41.4 Å². The number of hydrogen-bond acceptors (Lipinski definition) is 2. The van der Waals surface area contributed by atoms with Crippen molar-refractivity contribution in [3.63, 3.8) is 0 Å². The molecule has 3 rings (SSSR count). The van der Waals surface area contributed by atoms with Gasteiger partial charge in [-0.3, -0.25) is 4.79 Å². The van der Waals surface area contributed by atoms with Crippen LogP contribution in [-0.2, 0) is 17.8 Å². The molecular weight excluding hydrogens is 260 g/mol. The summed E-state index contributed by atoms with van der Waals surface area (Å²) in [6, 6.07) is 9.25. The molecule has 1 aromatic carbocycles. The molecule has 3 nitrogen and oxygen atoms in total. The number of nitrogens with one attached hydrogen (secondary N) is 1. The summed E-state index contributed by atoms with van der Waals surface area (Å²) in [4.78, 5) is 14.9. The van der Waals surface area contributed by atoms with Gasteiger partial charge in [0.05, 0.1) is 6.04 Å². The zero-order chi connectivity index (χ0) is 14.7. The molecule has 0 spiro atoms. The number of carbonyl (C=O) groups is 1. The zero-order valence-electron chi connectivity index (χ0n) is 13.0. The second kappa shape index (κ2) is 6.61. The summed E-state index contributed by atoms with van der Waals surface area (Å²) in [5, 5.41) is 3.39. The second-order valence-electron chi connectivity index (χ2n) is 6.37. The lowest BCUT2D eigenvalue weighted by molar-refractivity contribution is -0.135. The maximum atomic E-state index is 12.8. The van der Waals surface area contributed by atoms with E-state index in [1.165, 1.54) is 36.8 Å². The van der Waals surface area contributed by atoms with Crippen LogP contribution >= 0.6 is 0 Å². The van der Waals surface area contributed by atoms with E-state index in [4.69, 9.17) is 0 Å². The van der Waals surface area contributed by atoms with Crippen molar-refractivity contribution in [3.05, 3.63) is 35.4 Å². The first-order valence-corrected chi connectivity index (χ1v) is 8.39. The molecule has 1 atom stereocenters. The number of hydrogen-bond donors (Lipinski definition) is 1. The van der Waals surface area contributed by atoms with Gasteiger partial charge in [-0.25, -0.2) is 0 Å². The average Bonchev–Trinajstić information content (AvgIpc) is 3.38. The molecule has 1 aliphatic heterocycles. The summed E-state index contributed by atoms with van der Waals surface area (Å²) in [5.41, 5.74) is 2.61. The van der Waals surface area contributed by atoms with Gasteiger partial charge in [-0.2, -0.15) is 0 Å². The summed E-state index contributed by atoms with van der Waals surface area (Å²) in [5.74, 6) is 0.316. The molecule has 1 saturated carbocycles. The predicted molar refractivity (Wildman–Crippen MR) is 85.0 cm³/mol. The Kier molecular flexibility index (Phi) is 4.59. The fraction of sp³-hybridized carbons (Fsp3) is 0.611. The number of aryl methyl sites for hydroxylation is 1. The van der Waals surface area contributed by atoms with E-state index in [1.54, 1.807) is 0 Å². The van der Waals surface area contributed by atoms with Gasteiger partial charge in [0.15, 0.2) is 0 Å². The van der Waals surface area contributed by atoms with Gasteiger partial charge in [-0.1, -0.05) is 37.6 Å². The van der Waals surface area contributed by atoms with Crippen molar-refractivity contribution in [2.45, 2.75) is 64.1 Å². The van der Waals surface area contributed by atoms with Crippen molar-refractivity contribution in [2.75, 3.05) is 6.54 Å². The smallest absolute Gasteiger partial charge is 0.240 e. The Hall–Kier alpha value is -1.35. The monoisotopic (exact) mass is 286 g/mol. The highest BCUT2D eigenvalue weighted by Gasteiger charge is 2.36. The summed E-state index contributed by atoms with van der Waals surface area (Å²) in [7, 11) is 0. The second-order valence-corrected chi connectivity index (χ2v) is 6.37. The van der Waals surface area contributed by atoms with Crippen molar-refractivity contribution < 1.29 is 4.79 Å². The minimum atomic E-state index is 0.0502. The van der Waals surface area contributed by atoms with E-state index < -0.39 is 0 Å². The van der Waals surface area contributed by atoms with Crippen LogP contribution in [0.15, 0.2) is 24.3 Å². The Balaban J connectivity index is 1.67. The van der Waals surface area contributed by atoms with Crippen molar-refractivity contribution in [3.8, 4) is 0 Å². The highest BCUT2D eigenvalue weighted by atomic mass is 16.2. The molecule has 1 heterocycles. The lowest BCUT2D eigenvalue weighted by Crippen LogP contribution is -2.49. The molecule has 1 amide bonds. The maximum absolute atomic E-state index is 12.8. The largest absolute Gasteiger partial charge is 0.334 e. The normalized spacial score (nSPS) is 22.0. The van der Waals surface area contributed by atoms with Gasteiger partial charge in [0.1, 0.15) is 0 Å². The molecule has 1 N–H and O–H groups in total. The lowest BCUT2D eigenvalue weighted by Gasteiger charge is -2.30. The Morgan fingerprint density at radius 2 is 1.86 bits per heavy atom. The van der Waals surface area contributed by atoms with Crippen LogP contribution in [0.1, 0.15) is 50.2 Å². The third kappa shape index (κ3) is 3.65. The van der Waals surface area contributed by atoms with Crippen LogP contribution in [0.4, 0.5) is 0 Å². The number of nitrogens with zero attached hydrogens (tertiary/aromatic N) is 1. The van der Waals surface area contributed by atoms with Crippen LogP contribution in [0.2, 0.25) is 0 Å². The number of benzene rings is 1. The van der Waals surface area contributed by atoms with Crippen LogP contribution in [0.5, 0.6) is 0 Å². The summed E-state index contributed by atoms with van der Waals surface area (Å²) in [6.45, 7) is 3.93. The summed E-state index contributed by atoms with van der Waals surface area (Å²) in [6.07, 6.45) is 6.78. The van der Waals surface area contributed by atoms with E-state index in [1.807, 2.05) is 0 Å². The third-order valence-corrected chi connectivity index (χ3v) is 4.66. The molecule has 0 radical (unpaired) electrons. The molecular formula is C18H26N2O. The van der Waals surface area contributed by atoms with Gasteiger partial charge in [-0.05, 0) is 49.8 Å². The SMILES string of the molecule is CCc1ccc(CN(C(=O)[C@@H]2CCCCN2)C2CC2)cc1. The number of amides is 1. The van der Waals surface area contributed by atoms with Crippen molar-refractivity contribution in [1.29, 1.82) is 0 Å². The summed E-state index contributed by atoms with van der Waals surface area (Å²) < 4.78 is 0. The standard InChI is InChI=1S/C18H26N2O/c1-2-14-6-8-15(9-7-14)13-20(16-10-11-16)18(21)17-5-3-4-12-19-17/h6-9,16-17,19H,2-5,10-13H2,1H3/t17-/m0/s1. The van der Waals surface area contributed by atoms with Crippen LogP contribution < -0.4 is 5.32 Å². The van der Waals surface area contributed by atoms with Crippen LogP contribution in [0.3, 0.4) is 0 Å². The Morgan fingerprint density at radius 3 is 2.43 bits per heavy atom. The highest BCUT2D eigenvalue weighted by Crippen LogP contribution is 2.29. The first-order chi connectivity index (χ1) is 10.3. The minimum absolute atomic E-state index is 0.0502. The van der Waals surface area contributed by atoms with E-state index in [0.29, 0.717) is 11.9 Å². The molecule has 0 bridgehead atoms. The van der Waals surface area contributed by atoms with Crippen LogP contribution in [-0.4, -0.2) is 29.4 Å². The number of piperidine rings is 1. The van der Waals surface area contributed by atoms with E-state index >= 15 is 0 Å². The molecule has 1 saturated heterocycles. The molecule has 3 heteroatoms. The first kappa shape index (κ1) is 14.6. The van der Waals surface area contributed by atoms with E-state index in [0.717, 1.165) is 25.9 Å². The maximum Gasteiger partial charge on any atom is 0.240 e. The molecule has 0 aromatic heterocycles. The van der Waals surface area contributed by atoms with Crippen LogP contribution in [0.25, 0.3) is 0 Å². The molecule has 1 aromatic rings. The van der Waals surface area contributed by atoms with Crippen molar-refractivity contribution in [2.24, 2.45) is 0 Å². The van der Waals surface area contributed by atoms with Gasteiger partial charge < -0.3 is 10.2 Å². The average molecular weight is 286 g/mol. The van der Waals surface area contributed by atoms with Gasteiger partial charge in [0, 0.05) is 12.6 Å². The lowest BCUT2D eigenvalue weighted by atomic mass is 10.0. The van der Waals surface area contributed by atoms with Crippen molar-refractivity contribution in [1.82, 2.24) is 10.2 Å². The quantitative estimate of drug-likeness (QED) is 0.902. The van der Waals surface area contributed by atoms with Gasteiger partial charge in [0.25, 0.3) is 0 Å². The number of rotatable bonds is 5. The third-order valence-electron chi connectivity index (χ3n) is 4.66. The first-order valence-electron chi connectivity index (χ1n) is 8.39. The Labute approximate surface area is 127 Å². The molecule has 2 aliphatic rings. The predicted octanol–water partition coefficient (Wildman–Crippen LogP) is 2.88. The Morgan fingerprint density at radius 1 is 1.14 bits per heavy atom. The fourth-order valence-corrected chi connectivity index (χ4v) is 3.11. The molecule has 1 aliphatic carbocycles. The number of carbonyl (C=O) groups excluding carboxylic acids is 1. The topological polar surface area (TPSA) is 32.3 Å². The van der Waals surface area contributed by atoms with Gasteiger partial charge in [-0.15, -0.1) is 0 Å². The van der Waals surface area contributed by atoms with Gasteiger partial charge >= 0.3 is 0 Å². The molecule has 114 valence electrons. The molecule has 21 heavy (non-hydrogen) atoms. The molecule has 2 fully saturated rings. The molecule has 0 unspecified atom stereocenters. The zero-order valence-corrected chi connectivity index (χ0v) is 13.0. The van der Waals surface area contributed by atoms with Gasteiger partial charge in [0.2, 0.25) is 5.91 Å². The van der Waals surface area contributed by atoms with Crippen LogP contribution in [0, 0.1) is 0 Å². The van der Waals surface area contributed by atoms with Crippen molar-refractivity contribution >= 4 is 5.91 Å². The minimum Gasteiger partial charge on any atom is -0.334 e. The van der Waals surface area contributed by atoms with E-state index in [-0.39, 0.29) is 6.04 Å².